The third-order valence-electron chi connectivity index (χ3n) is 4.62. The van der Waals surface area contributed by atoms with E-state index in [1.807, 2.05) is 12.1 Å². The zero-order chi connectivity index (χ0) is 18.8. The summed E-state index contributed by atoms with van der Waals surface area (Å²) in [6, 6.07) is 12.4. The highest BCUT2D eigenvalue weighted by atomic mass is 32.1. The second-order valence-corrected chi connectivity index (χ2v) is 6.75. The maximum absolute atomic E-state index is 5.69. The number of thiocarbonyl (C=S) groups is 1. The zero-order valence-corrected chi connectivity index (χ0v) is 17.0. The van der Waals surface area contributed by atoms with E-state index in [4.69, 9.17) is 16.6 Å². The minimum absolute atomic E-state index is 0.685. The summed E-state index contributed by atoms with van der Waals surface area (Å²) in [6.07, 6.45) is 3.82. The van der Waals surface area contributed by atoms with E-state index in [1.54, 1.807) is 6.26 Å². The Balaban J connectivity index is 1.97. The molecule has 0 unspecified atom stereocenters. The smallest absolute Gasteiger partial charge is 0.173 e. The Labute approximate surface area is 163 Å². The monoisotopic (exact) mass is 373 g/mol. The first kappa shape index (κ1) is 20.5. The summed E-state index contributed by atoms with van der Waals surface area (Å²) < 4.78 is 5.52. The fourth-order valence-electron chi connectivity index (χ4n) is 2.89. The lowest BCUT2D eigenvalue weighted by atomic mass is 10.1. The second-order valence-electron chi connectivity index (χ2n) is 6.36. The highest BCUT2D eigenvalue weighted by Gasteiger charge is 2.13. The van der Waals surface area contributed by atoms with Gasteiger partial charge in [0.05, 0.1) is 12.8 Å². The maximum atomic E-state index is 5.69. The molecule has 0 bridgehead atoms. The van der Waals surface area contributed by atoms with Crippen molar-refractivity contribution in [1.82, 2.24) is 9.80 Å². The lowest BCUT2D eigenvalue weighted by Gasteiger charge is -2.26. The number of rotatable bonds is 10. The summed E-state index contributed by atoms with van der Waals surface area (Å²) in [5.41, 5.74) is 2.36. The molecule has 26 heavy (non-hydrogen) atoms. The van der Waals surface area contributed by atoms with Crippen molar-refractivity contribution in [2.75, 3.05) is 31.5 Å². The molecule has 1 aromatic carbocycles. The number of anilines is 1. The molecule has 0 amide bonds. The van der Waals surface area contributed by atoms with Crippen LogP contribution in [0.4, 0.5) is 5.69 Å². The zero-order valence-electron chi connectivity index (χ0n) is 16.2. The summed E-state index contributed by atoms with van der Waals surface area (Å²) in [4.78, 5) is 4.62. The normalized spacial score (nSPS) is 10.9. The van der Waals surface area contributed by atoms with Crippen LogP contribution in [0, 0.1) is 0 Å². The highest BCUT2D eigenvalue weighted by Crippen LogP contribution is 2.13. The van der Waals surface area contributed by atoms with Crippen molar-refractivity contribution in [2.45, 2.75) is 40.2 Å². The lowest BCUT2D eigenvalue weighted by molar-refractivity contribution is 0.276. The Morgan fingerprint density at radius 1 is 1.04 bits per heavy atom. The molecule has 0 fully saturated rings. The summed E-state index contributed by atoms with van der Waals surface area (Å²) in [5, 5.41) is 4.11. The van der Waals surface area contributed by atoms with Crippen molar-refractivity contribution in [2.24, 2.45) is 0 Å². The summed E-state index contributed by atoms with van der Waals surface area (Å²) in [5.74, 6) is 0.929. The molecule has 5 heteroatoms. The van der Waals surface area contributed by atoms with Gasteiger partial charge in [0.2, 0.25) is 0 Å². The van der Waals surface area contributed by atoms with Gasteiger partial charge >= 0.3 is 0 Å². The number of hydrogen-bond acceptors (Lipinski definition) is 3. The standard InChI is InChI=1S/C21H31N3OS/c1-4-18-10-12-19(13-11-18)22-21(26)24(17-20-9-7-16-25-20)15-8-14-23(5-2)6-3/h7,9-13,16H,4-6,8,14-15,17H2,1-3H3,(H,22,26). The number of aryl methyl sites for hydroxylation is 1. The van der Waals surface area contributed by atoms with Crippen LogP contribution in [0.2, 0.25) is 0 Å². The first-order valence-electron chi connectivity index (χ1n) is 9.55. The number of nitrogens with one attached hydrogen (secondary N) is 1. The van der Waals surface area contributed by atoms with Gasteiger partial charge in [-0.15, -0.1) is 0 Å². The van der Waals surface area contributed by atoms with Gasteiger partial charge in [0.1, 0.15) is 5.76 Å². The average Bonchev–Trinajstić information content (AvgIpc) is 3.18. The maximum Gasteiger partial charge on any atom is 0.173 e. The van der Waals surface area contributed by atoms with E-state index in [2.05, 4.69) is 60.2 Å². The minimum atomic E-state index is 0.685. The summed E-state index contributed by atoms with van der Waals surface area (Å²) in [6.45, 7) is 11.4. The van der Waals surface area contributed by atoms with Gasteiger partial charge < -0.3 is 19.5 Å². The van der Waals surface area contributed by atoms with E-state index in [0.717, 1.165) is 55.6 Å². The van der Waals surface area contributed by atoms with Crippen molar-refractivity contribution in [3.05, 3.63) is 54.0 Å². The molecule has 1 aromatic heterocycles. The predicted molar refractivity (Wildman–Crippen MR) is 114 cm³/mol. The predicted octanol–water partition coefficient (Wildman–Crippen LogP) is 4.77. The van der Waals surface area contributed by atoms with Crippen molar-refractivity contribution in [1.29, 1.82) is 0 Å². The van der Waals surface area contributed by atoms with Crippen LogP contribution in [-0.4, -0.2) is 41.1 Å². The van der Waals surface area contributed by atoms with E-state index < -0.39 is 0 Å². The Bertz CT molecular complexity index is 636. The Morgan fingerprint density at radius 3 is 2.35 bits per heavy atom. The number of nitrogens with zero attached hydrogens (tertiary/aromatic N) is 2. The van der Waals surface area contributed by atoms with Crippen molar-refractivity contribution in [3.8, 4) is 0 Å². The van der Waals surface area contributed by atoms with Gasteiger partial charge in [-0.3, -0.25) is 0 Å². The van der Waals surface area contributed by atoms with Gasteiger partial charge in [0.15, 0.2) is 5.11 Å². The largest absolute Gasteiger partial charge is 0.467 e. The topological polar surface area (TPSA) is 31.6 Å². The van der Waals surface area contributed by atoms with E-state index >= 15 is 0 Å². The van der Waals surface area contributed by atoms with Gasteiger partial charge in [-0.05, 0) is 74.5 Å². The molecular formula is C21H31N3OS. The van der Waals surface area contributed by atoms with Crippen LogP contribution in [0.1, 0.15) is 38.5 Å². The Morgan fingerprint density at radius 2 is 1.77 bits per heavy atom. The molecule has 0 saturated carbocycles. The molecule has 0 aliphatic rings. The van der Waals surface area contributed by atoms with Gasteiger partial charge in [-0.2, -0.15) is 0 Å². The van der Waals surface area contributed by atoms with Gasteiger partial charge in [-0.25, -0.2) is 0 Å². The lowest BCUT2D eigenvalue weighted by Crippen LogP contribution is -2.36. The van der Waals surface area contributed by atoms with Gasteiger partial charge in [-0.1, -0.05) is 32.9 Å². The molecule has 0 radical (unpaired) electrons. The number of furan rings is 1. The van der Waals surface area contributed by atoms with Crippen LogP contribution in [-0.2, 0) is 13.0 Å². The Kier molecular flexibility index (Phi) is 8.65. The molecule has 0 saturated heterocycles. The van der Waals surface area contributed by atoms with Crippen LogP contribution < -0.4 is 5.32 Å². The quantitative estimate of drug-likeness (QED) is 0.606. The molecule has 2 aromatic rings. The third-order valence-corrected chi connectivity index (χ3v) is 4.98. The molecule has 0 aliphatic heterocycles. The number of benzene rings is 1. The first-order valence-corrected chi connectivity index (χ1v) is 9.96. The first-order chi connectivity index (χ1) is 12.7. The fourth-order valence-corrected chi connectivity index (χ4v) is 3.17. The van der Waals surface area contributed by atoms with Crippen molar-refractivity contribution >= 4 is 23.0 Å². The molecule has 0 atom stereocenters. The highest BCUT2D eigenvalue weighted by molar-refractivity contribution is 7.80. The summed E-state index contributed by atoms with van der Waals surface area (Å²) in [7, 11) is 0. The SMILES string of the molecule is CCc1ccc(NC(=S)N(CCCN(CC)CC)Cc2ccco2)cc1. The Hall–Kier alpha value is -1.85. The van der Waals surface area contributed by atoms with Crippen LogP contribution in [0.15, 0.2) is 47.1 Å². The molecule has 0 spiro atoms. The fraction of sp³-hybridized carbons (Fsp3) is 0.476. The van der Waals surface area contributed by atoms with Crippen molar-refractivity contribution < 1.29 is 4.42 Å². The van der Waals surface area contributed by atoms with E-state index in [0.29, 0.717) is 6.54 Å². The van der Waals surface area contributed by atoms with Crippen molar-refractivity contribution in [3.63, 3.8) is 0 Å². The van der Waals surface area contributed by atoms with Crippen LogP contribution >= 0.6 is 12.2 Å². The second kappa shape index (κ2) is 11.0. The molecule has 4 nitrogen and oxygen atoms in total. The molecular weight excluding hydrogens is 342 g/mol. The van der Waals surface area contributed by atoms with E-state index in [1.165, 1.54) is 5.56 Å². The van der Waals surface area contributed by atoms with E-state index in [-0.39, 0.29) is 0 Å². The molecule has 142 valence electrons. The van der Waals surface area contributed by atoms with Crippen LogP contribution in [0.5, 0.6) is 0 Å². The molecule has 0 aliphatic carbocycles. The third kappa shape index (κ3) is 6.46. The molecule has 2 rings (SSSR count). The average molecular weight is 374 g/mol. The van der Waals surface area contributed by atoms with Gasteiger partial charge in [0.25, 0.3) is 0 Å². The van der Waals surface area contributed by atoms with Crippen LogP contribution in [0.3, 0.4) is 0 Å². The molecule has 1 N–H and O–H groups in total. The minimum Gasteiger partial charge on any atom is -0.467 e. The van der Waals surface area contributed by atoms with E-state index in [9.17, 15) is 0 Å². The van der Waals surface area contributed by atoms with Gasteiger partial charge in [0, 0.05) is 12.2 Å². The summed E-state index contributed by atoms with van der Waals surface area (Å²) >= 11 is 5.69. The molecule has 1 heterocycles. The van der Waals surface area contributed by atoms with Crippen LogP contribution in [0.25, 0.3) is 0 Å². The number of hydrogen-bond donors (Lipinski definition) is 1.